The summed E-state index contributed by atoms with van der Waals surface area (Å²) >= 11 is -0.641. The maximum Gasteiger partial charge on any atom is -1.00 e. The van der Waals surface area contributed by atoms with Crippen LogP contribution in [0, 0.1) is 0 Å². The number of fused-ring (bicyclic) bond motifs is 1. The molecular weight excluding hydrogens is 457 g/mol. The van der Waals surface area contributed by atoms with Gasteiger partial charge in [0.1, 0.15) is 0 Å². The average Bonchev–Trinajstić information content (AvgIpc) is 3.34. The molecule has 1 aromatic carbocycles. The zero-order chi connectivity index (χ0) is 16.4. The summed E-state index contributed by atoms with van der Waals surface area (Å²) in [5.41, 5.74) is 4.79. The van der Waals surface area contributed by atoms with Crippen molar-refractivity contribution >= 4 is 18.9 Å². The van der Waals surface area contributed by atoms with Gasteiger partial charge in [0.2, 0.25) is 0 Å². The SMILES string of the molecule is CCCCC1=[C]([Zr+2][CH]2C(p3cccc3)=Cc3ccccc32)CC=C1.[Cl-].[Cl-]. The van der Waals surface area contributed by atoms with Gasteiger partial charge in [-0.3, -0.25) is 0 Å². The van der Waals surface area contributed by atoms with E-state index in [0.717, 1.165) is 3.63 Å². The monoisotopic (exact) mass is 478 g/mol. The van der Waals surface area contributed by atoms with E-state index in [1.54, 1.807) is 16.5 Å². The maximum absolute atomic E-state index is 2.52. The fraction of sp³-hybridized carbons (Fsp3) is 0.273. The van der Waals surface area contributed by atoms with Gasteiger partial charge in [-0.1, -0.05) is 0 Å². The molecule has 0 saturated heterocycles. The molecule has 1 aromatic heterocycles. The maximum atomic E-state index is 2.52. The van der Waals surface area contributed by atoms with E-state index < -0.39 is 23.2 Å². The van der Waals surface area contributed by atoms with Crippen LogP contribution in [0.3, 0.4) is 0 Å². The van der Waals surface area contributed by atoms with Gasteiger partial charge in [-0.25, -0.2) is 0 Å². The third-order valence-electron chi connectivity index (χ3n) is 4.96. The molecule has 26 heavy (non-hydrogen) atoms. The summed E-state index contributed by atoms with van der Waals surface area (Å²) in [6, 6.07) is 13.6. The van der Waals surface area contributed by atoms with Crippen molar-refractivity contribution in [1.29, 1.82) is 0 Å². The molecule has 0 N–H and O–H groups in total. The zero-order valence-electron chi connectivity index (χ0n) is 15.0. The van der Waals surface area contributed by atoms with Gasteiger partial charge in [-0.15, -0.1) is 0 Å². The van der Waals surface area contributed by atoms with Gasteiger partial charge < -0.3 is 24.8 Å². The van der Waals surface area contributed by atoms with Crippen LogP contribution in [0.4, 0.5) is 0 Å². The number of hydrogen-bond donors (Lipinski definition) is 0. The van der Waals surface area contributed by atoms with Gasteiger partial charge >= 0.3 is 159 Å². The third-order valence-corrected chi connectivity index (χ3v) is 11.9. The van der Waals surface area contributed by atoms with Crippen LogP contribution in [-0.4, -0.2) is 0 Å². The van der Waals surface area contributed by atoms with Crippen molar-refractivity contribution in [2.24, 2.45) is 0 Å². The molecule has 2 aliphatic rings. The molecule has 0 spiro atoms. The average molecular weight is 481 g/mol. The summed E-state index contributed by atoms with van der Waals surface area (Å²) < 4.78 is 2.59. The largest absolute Gasteiger partial charge is 1.00 e. The summed E-state index contributed by atoms with van der Waals surface area (Å²) in [5, 5.41) is 1.72. The molecule has 1 atom stereocenters. The van der Waals surface area contributed by atoms with Crippen molar-refractivity contribution in [2.75, 3.05) is 0 Å². The fourth-order valence-electron chi connectivity index (χ4n) is 3.67. The zero-order valence-corrected chi connectivity index (χ0v) is 19.8. The first-order valence-electron chi connectivity index (χ1n) is 8.96. The van der Waals surface area contributed by atoms with E-state index in [2.05, 4.69) is 73.1 Å². The first-order chi connectivity index (χ1) is 11.9. The third kappa shape index (κ3) is 4.56. The van der Waals surface area contributed by atoms with Crippen molar-refractivity contribution in [2.45, 2.75) is 36.2 Å². The molecule has 1 unspecified atom stereocenters. The van der Waals surface area contributed by atoms with Crippen LogP contribution in [0.5, 0.6) is 0 Å². The Morgan fingerprint density at radius 1 is 1.08 bits per heavy atom. The van der Waals surface area contributed by atoms with E-state index in [1.807, 2.05) is 3.28 Å². The predicted octanol–water partition coefficient (Wildman–Crippen LogP) is 1.22. The topological polar surface area (TPSA) is 0 Å². The second-order valence-corrected chi connectivity index (χ2v) is 12.1. The Bertz CT molecular complexity index is 818. The molecule has 2 aliphatic carbocycles. The molecule has 4 heteroatoms. The van der Waals surface area contributed by atoms with Crippen LogP contribution in [0.2, 0.25) is 0 Å². The van der Waals surface area contributed by atoms with Crippen LogP contribution >= 0.6 is 7.53 Å². The molecule has 0 radical (unpaired) electrons. The fourth-order valence-corrected chi connectivity index (χ4v) is 10.9. The minimum absolute atomic E-state index is 0. The number of hydrogen-bond acceptors (Lipinski definition) is 0. The minimum Gasteiger partial charge on any atom is -1.00 e. The first kappa shape index (κ1) is 22.0. The summed E-state index contributed by atoms with van der Waals surface area (Å²) in [4.78, 5) is 0. The van der Waals surface area contributed by atoms with Gasteiger partial charge in [0, 0.05) is 0 Å². The smallest absolute Gasteiger partial charge is 1.00 e. The van der Waals surface area contributed by atoms with Crippen molar-refractivity contribution in [1.82, 2.24) is 0 Å². The second kappa shape index (κ2) is 10.3. The Morgan fingerprint density at radius 3 is 2.62 bits per heavy atom. The molecule has 1 heterocycles. The van der Waals surface area contributed by atoms with Crippen LogP contribution in [-0.2, 0) is 23.2 Å². The van der Waals surface area contributed by atoms with E-state index >= 15 is 0 Å². The Hall–Kier alpha value is -0.317. The molecule has 134 valence electrons. The summed E-state index contributed by atoms with van der Waals surface area (Å²) in [7, 11) is -0.178. The van der Waals surface area contributed by atoms with E-state index in [0.29, 0.717) is 0 Å². The Labute approximate surface area is 182 Å². The van der Waals surface area contributed by atoms with E-state index in [-0.39, 0.29) is 32.3 Å². The molecule has 0 bridgehead atoms. The predicted molar refractivity (Wildman–Crippen MR) is 103 cm³/mol. The normalized spacial score (nSPS) is 17.3. The van der Waals surface area contributed by atoms with Crippen molar-refractivity contribution in [3.8, 4) is 0 Å². The van der Waals surface area contributed by atoms with Crippen molar-refractivity contribution in [3.05, 3.63) is 80.1 Å². The molecule has 4 rings (SSSR count). The Balaban J connectivity index is 0.00000121. The number of rotatable bonds is 6. The second-order valence-electron chi connectivity index (χ2n) is 6.58. The molecule has 0 nitrogen and oxygen atoms in total. The standard InChI is InChI=1S/C13H10P.C9H13.2ClH.Zr/c1-2-6-12-10-13(9-11(12)5-1)14-7-3-4-8-14;1-2-3-6-9-7-4-5-8-9;;;/h1-10H;4,7H,2-3,5-6H2,1H3;2*1H;/q;;;;+2/p-2. The molecule has 0 amide bonds. The van der Waals surface area contributed by atoms with Crippen molar-refractivity contribution < 1.29 is 48.0 Å². The molecule has 2 aromatic rings. The Kier molecular flexibility index (Phi) is 8.70. The van der Waals surface area contributed by atoms with Crippen LogP contribution in [0.25, 0.3) is 11.4 Å². The van der Waals surface area contributed by atoms with Gasteiger partial charge in [0.15, 0.2) is 0 Å². The van der Waals surface area contributed by atoms with E-state index in [4.69, 9.17) is 0 Å². The van der Waals surface area contributed by atoms with E-state index in [9.17, 15) is 0 Å². The van der Waals surface area contributed by atoms with Crippen molar-refractivity contribution in [3.63, 3.8) is 0 Å². The van der Waals surface area contributed by atoms with Gasteiger partial charge in [-0.2, -0.15) is 0 Å². The Morgan fingerprint density at radius 2 is 1.85 bits per heavy atom. The van der Waals surface area contributed by atoms with Crippen LogP contribution in [0.15, 0.2) is 69.0 Å². The van der Waals surface area contributed by atoms with Gasteiger partial charge in [0.25, 0.3) is 0 Å². The molecule has 0 fully saturated rings. The quantitative estimate of drug-likeness (QED) is 0.584. The summed E-state index contributed by atoms with van der Waals surface area (Å²) in [5.74, 6) is 4.86. The van der Waals surface area contributed by atoms with Gasteiger partial charge in [0.05, 0.1) is 0 Å². The number of benzene rings is 1. The van der Waals surface area contributed by atoms with Crippen LogP contribution < -0.4 is 24.8 Å². The first-order valence-corrected chi connectivity index (χ1v) is 13.1. The number of unbranched alkanes of at least 4 members (excludes halogenated alkanes) is 1. The summed E-state index contributed by atoms with van der Waals surface area (Å²) in [6.07, 6.45) is 12.5. The molecule has 0 saturated carbocycles. The molecular formula is C22H23Cl2PZr. The van der Waals surface area contributed by atoms with E-state index in [1.165, 1.54) is 31.2 Å². The molecule has 0 aliphatic heterocycles. The minimum atomic E-state index is -0.641. The number of allylic oxidation sites excluding steroid dienone is 5. The van der Waals surface area contributed by atoms with Crippen LogP contribution in [0.1, 0.15) is 47.4 Å². The van der Waals surface area contributed by atoms with Gasteiger partial charge in [-0.05, 0) is 0 Å². The summed E-state index contributed by atoms with van der Waals surface area (Å²) in [6.45, 7) is 2.30. The number of halogens is 2.